The molecular weight excluding hydrogens is 375 g/mol. The van der Waals surface area contributed by atoms with Gasteiger partial charge in [0.2, 0.25) is 0 Å². The van der Waals surface area contributed by atoms with E-state index in [1.54, 1.807) is 19.1 Å². The number of carboxylic acids is 1. The van der Waals surface area contributed by atoms with Crippen LogP contribution in [0.4, 0.5) is 18.9 Å². The van der Waals surface area contributed by atoms with Gasteiger partial charge < -0.3 is 9.84 Å². The van der Waals surface area contributed by atoms with E-state index in [0.29, 0.717) is 4.31 Å². The lowest BCUT2D eigenvalue weighted by Crippen LogP contribution is -2.35. The number of ether oxygens (including phenoxy) is 1. The number of benzene rings is 2. The first-order valence-corrected chi connectivity index (χ1v) is 8.60. The highest BCUT2D eigenvalue weighted by Gasteiger charge is 2.31. The number of sulfonamides is 1. The zero-order valence-corrected chi connectivity index (χ0v) is 14.2. The average molecular weight is 389 g/mol. The van der Waals surface area contributed by atoms with Crippen LogP contribution in [0.25, 0.3) is 0 Å². The normalized spacial score (nSPS) is 11.8. The third-order valence-corrected chi connectivity index (χ3v) is 5.03. The van der Waals surface area contributed by atoms with Gasteiger partial charge >= 0.3 is 12.3 Å². The third-order valence-electron chi connectivity index (χ3n) is 3.25. The summed E-state index contributed by atoms with van der Waals surface area (Å²) in [7, 11) is -4.22. The van der Waals surface area contributed by atoms with E-state index in [2.05, 4.69) is 4.74 Å². The second kappa shape index (κ2) is 7.24. The van der Waals surface area contributed by atoms with Crippen molar-refractivity contribution in [3.8, 4) is 5.75 Å². The Hall–Kier alpha value is -2.75. The van der Waals surface area contributed by atoms with E-state index in [0.717, 1.165) is 29.8 Å². The molecular formula is C16H14F3NO5S. The molecule has 2 aromatic carbocycles. The molecule has 0 spiro atoms. The second-order valence-corrected chi connectivity index (χ2v) is 7.12. The van der Waals surface area contributed by atoms with E-state index in [1.807, 2.05) is 0 Å². The number of carbonyl (C=O) groups is 1. The Labute approximate surface area is 147 Å². The van der Waals surface area contributed by atoms with Crippen molar-refractivity contribution in [2.75, 3.05) is 10.8 Å². The molecule has 0 heterocycles. The van der Waals surface area contributed by atoms with Gasteiger partial charge in [-0.05, 0) is 43.3 Å². The van der Waals surface area contributed by atoms with Crippen molar-refractivity contribution in [1.29, 1.82) is 0 Å². The van der Waals surface area contributed by atoms with E-state index in [1.165, 1.54) is 12.1 Å². The zero-order chi connectivity index (χ0) is 19.5. The molecule has 0 atom stereocenters. The quantitative estimate of drug-likeness (QED) is 0.820. The lowest BCUT2D eigenvalue weighted by atomic mass is 10.2. The van der Waals surface area contributed by atoms with Crippen LogP contribution in [0.5, 0.6) is 5.75 Å². The molecule has 0 unspecified atom stereocenters. The monoisotopic (exact) mass is 389 g/mol. The van der Waals surface area contributed by atoms with Gasteiger partial charge in [-0.15, -0.1) is 13.2 Å². The maximum absolute atomic E-state index is 12.7. The van der Waals surface area contributed by atoms with Crippen LogP contribution in [0.15, 0.2) is 53.4 Å². The van der Waals surface area contributed by atoms with Gasteiger partial charge in [0.05, 0.1) is 10.6 Å². The molecule has 6 nitrogen and oxygen atoms in total. The first-order valence-electron chi connectivity index (χ1n) is 7.16. The van der Waals surface area contributed by atoms with Crippen LogP contribution >= 0.6 is 0 Å². The van der Waals surface area contributed by atoms with Crippen LogP contribution in [0.3, 0.4) is 0 Å². The van der Waals surface area contributed by atoms with E-state index in [9.17, 15) is 26.4 Å². The molecule has 0 saturated carbocycles. The molecule has 140 valence electrons. The zero-order valence-electron chi connectivity index (χ0n) is 13.4. The third kappa shape index (κ3) is 4.88. The van der Waals surface area contributed by atoms with E-state index in [-0.39, 0.29) is 10.6 Å². The summed E-state index contributed by atoms with van der Waals surface area (Å²) < 4.78 is 66.4. The van der Waals surface area contributed by atoms with Gasteiger partial charge in [0.25, 0.3) is 10.0 Å². The summed E-state index contributed by atoms with van der Waals surface area (Å²) >= 11 is 0. The molecule has 26 heavy (non-hydrogen) atoms. The molecule has 0 fully saturated rings. The fourth-order valence-corrected chi connectivity index (χ4v) is 3.50. The Balaban J connectivity index is 2.41. The van der Waals surface area contributed by atoms with Gasteiger partial charge in [0.15, 0.2) is 0 Å². The molecule has 0 aliphatic carbocycles. The highest BCUT2D eigenvalue weighted by Crippen LogP contribution is 2.28. The Morgan fingerprint density at radius 1 is 1.08 bits per heavy atom. The fourth-order valence-electron chi connectivity index (χ4n) is 2.09. The standard InChI is InChI=1S/C16H14F3NO5S/c1-11-2-8-14(9-3-11)26(23,24)20(10-15(21)22)12-4-6-13(7-5-12)25-16(17,18)19/h2-9H,10H2,1H3,(H,21,22). The summed E-state index contributed by atoms with van der Waals surface area (Å²) in [6.07, 6.45) is -4.89. The number of hydrogen-bond acceptors (Lipinski definition) is 4. The smallest absolute Gasteiger partial charge is 0.480 e. The van der Waals surface area contributed by atoms with Crippen LogP contribution in [-0.2, 0) is 14.8 Å². The molecule has 0 bridgehead atoms. The van der Waals surface area contributed by atoms with E-state index < -0.39 is 34.6 Å². The first kappa shape index (κ1) is 19.6. The summed E-state index contributed by atoms with van der Waals surface area (Å²) in [4.78, 5) is 11.0. The van der Waals surface area contributed by atoms with Crippen LogP contribution in [0, 0.1) is 6.92 Å². The first-order chi connectivity index (χ1) is 12.0. The molecule has 2 aromatic rings. The molecule has 0 amide bonds. The molecule has 0 saturated heterocycles. The molecule has 0 aliphatic rings. The largest absolute Gasteiger partial charge is 0.573 e. The van der Waals surface area contributed by atoms with Crippen molar-refractivity contribution in [3.05, 3.63) is 54.1 Å². The van der Waals surface area contributed by atoms with Crippen molar-refractivity contribution < 1.29 is 36.2 Å². The molecule has 10 heteroatoms. The number of anilines is 1. The molecule has 0 aromatic heterocycles. The van der Waals surface area contributed by atoms with Gasteiger partial charge in [-0.1, -0.05) is 17.7 Å². The maximum atomic E-state index is 12.7. The minimum atomic E-state index is -4.89. The number of aliphatic carboxylic acids is 1. The lowest BCUT2D eigenvalue weighted by Gasteiger charge is -2.23. The maximum Gasteiger partial charge on any atom is 0.573 e. The predicted octanol–water partition coefficient (Wildman–Crippen LogP) is 3.17. The minimum absolute atomic E-state index is 0.109. The Kier molecular flexibility index (Phi) is 5.45. The highest BCUT2D eigenvalue weighted by atomic mass is 32.2. The summed E-state index contributed by atoms with van der Waals surface area (Å²) in [6, 6.07) is 9.62. The predicted molar refractivity (Wildman–Crippen MR) is 86.5 cm³/mol. The molecule has 0 radical (unpaired) electrons. The van der Waals surface area contributed by atoms with Crippen LogP contribution in [0.1, 0.15) is 5.56 Å². The van der Waals surface area contributed by atoms with Gasteiger partial charge in [-0.25, -0.2) is 8.42 Å². The van der Waals surface area contributed by atoms with Gasteiger partial charge in [-0.3, -0.25) is 9.10 Å². The van der Waals surface area contributed by atoms with Crippen molar-refractivity contribution in [2.45, 2.75) is 18.2 Å². The van der Waals surface area contributed by atoms with Gasteiger partial charge in [0, 0.05) is 0 Å². The Morgan fingerprint density at radius 2 is 1.62 bits per heavy atom. The van der Waals surface area contributed by atoms with Crippen LogP contribution in [0.2, 0.25) is 0 Å². The Bertz CT molecular complexity index is 878. The fraction of sp³-hybridized carbons (Fsp3) is 0.188. The molecule has 0 aliphatic heterocycles. The summed E-state index contributed by atoms with van der Waals surface area (Å²) in [6.45, 7) is 0.862. The van der Waals surface area contributed by atoms with Crippen LogP contribution in [-0.4, -0.2) is 32.4 Å². The summed E-state index contributed by atoms with van der Waals surface area (Å²) in [5.74, 6) is -1.97. The van der Waals surface area contributed by atoms with Crippen molar-refractivity contribution in [2.24, 2.45) is 0 Å². The van der Waals surface area contributed by atoms with Crippen LogP contribution < -0.4 is 9.04 Å². The second-order valence-electron chi connectivity index (χ2n) is 5.26. The average Bonchev–Trinajstić information content (AvgIpc) is 2.52. The SMILES string of the molecule is Cc1ccc(S(=O)(=O)N(CC(=O)O)c2ccc(OC(F)(F)F)cc2)cc1. The number of alkyl halides is 3. The van der Waals surface area contributed by atoms with E-state index >= 15 is 0 Å². The minimum Gasteiger partial charge on any atom is -0.480 e. The number of rotatable bonds is 6. The van der Waals surface area contributed by atoms with Crippen molar-refractivity contribution in [3.63, 3.8) is 0 Å². The number of halogens is 3. The topological polar surface area (TPSA) is 83.9 Å². The van der Waals surface area contributed by atoms with Crippen molar-refractivity contribution >= 4 is 21.7 Å². The molecule has 2 rings (SSSR count). The summed E-state index contributed by atoms with van der Waals surface area (Å²) in [5, 5.41) is 9.03. The number of hydrogen-bond donors (Lipinski definition) is 1. The number of carboxylic acid groups (broad SMARTS) is 1. The Morgan fingerprint density at radius 3 is 2.08 bits per heavy atom. The number of nitrogens with zero attached hydrogens (tertiary/aromatic N) is 1. The molecule has 1 N–H and O–H groups in total. The van der Waals surface area contributed by atoms with Crippen molar-refractivity contribution in [1.82, 2.24) is 0 Å². The highest BCUT2D eigenvalue weighted by molar-refractivity contribution is 7.92. The van der Waals surface area contributed by atoms with E-state index in [4.69, 9.17) is 5.11 Å². The lowest BCUT2D eigenvalue weighted by molar-refractivity contribution is -0.274. The van der Waals surface area contributed by atoms with Gasteiger partial charge in [0.1, 0.15) is 12.3 Å². The van der Waals surface area contributed by atoms with Gasteiger partial charge in [-0.2, -0.15) is 0 Å². The number of aryl methyl sites for hydroxylation is 1. The summed E-state index contributed by atoms with van der Waals surface area (Å²) in [5.41, 5.74) is 0.699.